The van der Waals surface area contributed by atoms with Gasteiger partial charge in [-0.05, 0) is 61.0 Å². The van der Waals surface area contributed by atoms with Gasteiger partial charge in [0.15, 0.2) is 18.1 Å². The van der Waals surface area contributed by atoms with Gasteiger partial charge in [-0.15, -0.1) is 0 Å². The molecule has 0 radical (unpaired) electrons. The maximum atomic E-state index is 12.6. The number of amides is 2. The summed E-state index contributed by atoms with van der Waals surface area (Å²) in [7, 11) is 1.49. The Bertz CT molecular complexity index is 1280. The molecule has 0 aliphatic heterocycles. The average Bonchev–Trinajstić information content (AvgIpc) is 2.86. The zero-order valence-corrected chi connectivity index (χ0v) is 21.5. The van der Waals surface area contributed by atoms with E-state index in [1.807, 2.05) is 31.2 Å². The molecule has 36 heavy (non-hydrogen) atoms. The quantitative estimate of drug-likeness (QED) is 0.196. The SMILES string of the molecule is C=CCOc1ccc(C(=O)N/N=C/c2cc(Br)ccc2OCC(=O)Nc2cccc(C)c2)cc1OC. The van der Waals surface area contributed by atoms with Crippen LogP contribution in [-0.4, -0.2) is 38.4 Å². The summed E-state index contributed by atoms with van der Waals surface area (Å²) in [5.74, 6) is 0.616. The Hall–Kier alpha value is -4.11. The number of carbonyl (C=O) groups is 2. The number of ether oxygens (including phenoxy) is 3. The second-order valence-corrected chi connectivity index (χ2v) is 8.47. The van der Waals surface area contributed by atoms with E-state index >= 15 is 0 Å². The van der Waals surface area contributed by atoms with Crippen LogP contribution in [0, 0.1) is 6.92 Å². The van der Waals surface area contributed by atoms with Crippen molar-refractivity contribution in [1.82, 2.24) is 5.43 Å². The van der Waals surface area contributed by atoms with Gasteiger partial charge < -0.3 is 19.5 Å². The number of carbonyl (C=O) groups excluding carboxylic acids is 2. The third kappa shape index (κ3) is 7.71. The standard InChI is InChI=1S/C27H26BrN3O5/c1-4-12-35-24-10-8-19(15-25(24)34-3)27(33)31-29-16-20-14-21(28)9-11-23(20)36-17-26(32)30-22-7-5-6-18(2)13-22/h4-11,13-16H,1,12,17H2,2-3H3,(H,30,32)(H,31,33)/b29-16+. The highest BCUT2D eigenvalue weighted by Crippen LogP contribution is 2.28. The Labute approximate surface area is 218 Å². The fourth-order valence-corrected chi connectivity index (χ4v) is 3.50. The van der Waals surface area contributed by atoms with E-state index < -0.39 is 5.91 Å². The van der Waals surface area contributed by atoms with Gasteiger partial charge in [-0.3, -0.25) is 9.59 Å². The lowest BCUT2D eigenvalue weighted by Crippen LogP contribution is -2.20. The summed E-state index contributed by atoms with van der Waals surface area (Å²) in [6.07, 6.45) is 3.06. The van der Waals surface area contributed by atoms with Crippen molar-refractivity contribution < 1.29 is 23.8 Å². The van der Waals surface area contributed by atoms with E-state index in [1.54, 1.807) is 42.5 Å². The van der Waals surface area contributed by atoms with Gasteiger partial charge in [-0.1, -0.05) is 40.7 Å². The minimum absolute atomic E-state index is 0.192. The van der Waals surface area contributed by atoms with Crippen molar-refractivity contribution in [1.29, 1.82) is 0 Å². The van der Waals surface area contributed by atoms with Crippen LogP contribution in [0.25, 0.3) is 0 Å². The summed E-state index contributed by atoms with van der Waals surface area (Å²) in [5, 5.41) is 6.84. The van der Waals surface area contributed by atoms with Crippen LogP contribution in [0.4, 0.5) is 5.69 Å². The Morgan fingerprint density at radius 3 is 2.58 bits per heavy atom. The van der Waals surface area contributed by atoms with Gasteiger partial charge >= 0.3 is 0 Å². The van der Waals surface area contributed by atoms with Crippen LogP contribution in [-0.2, 0) is 4.79 Å². The fraction of sp³-hybridized carbons (Fsp3) is 0.148. The molecule has 0 spiro atoms. The Kier molecular flexibility index (Phi) is 9.64. The summed E-state index contributed by atoms with van der Waals surface area (Å²) in [4.78, 5) is 24.9. The van der Waals surface area contributed by atoms with Crippen LogP contribution in [0.1, 0.15) is 21.5 Å². The molecule has 0 aromatic heterocycles. The van der Waals surface area contributed by atoms with Crippen LogP contribution in [0.15, 0.2) is 82.9 Å². The van der Waals surface area contributed by atoms with Crippen LogP contribution in [0.3, 0.4) is 0 Å². The van der Waals surface area contributed by atoms with Gasteiger partial charge in [0.1, 0.15) is 12.4 Å². The molecule has 0 atom stereocenters. The lowest BCUT2D eigenvalue weighted by molar-refractivity contribution is -0.118. The van der Waals surface area contributed by atoms with E-state index in [0.717, 1.165) is 10.0 Å². The predicted molar refractivity (Wildman–Crippen MR) is 143 cm³/mol. The van der Waals surface area contributed by atoms with Crippen molar-refractivity contribution in [2.24, 2.45) is 5.10 Å². The van der Waals surface area contributed by atoms with E-state index in [-0.39, 0.29) is 12.5 Å². The van der Waals surface area contributed by atoms with Crippen LogP contribution < -0.4 is 25.0 Å². The minimum atomic E-state index is -0.435. The molecule has 0 bridgehead atoms. The van der Waals surface area contributed by atoms with Crippen molar-refractivity contribution in [3.8, 4) is 17.2 Å². The number of hydrogen-bond acceptors (Lipinski definition) is 6. The number of rotatable bonds is 11. The fourth-order valence-electron chi connectivity index (χ4n) is 3.12. The van der Waals surface area contributed by atoms with E-state index in [9.17, 15) is 9.59 Å². The van der Waals surface area contributed by atoms with Gasteiger partial charge in [-0.2, -0.15) is 5.10 Å². The first kappa shape index (κ1) is 26.5. The molecule has 3 aromatic rings. The number of methoxy groups -OCH3 is 1. The molecule has 2 N–H and O–H groups in total. The molecule has 2 amide bonds. The van der Waals surface area contributed by atoms with E-state index in [1.165, 1.54) is 13.3 Å². The van der Waals surface area contributed by atoms with Gasteiger partial charge in [0.05, 0.1) is 13.3 Å². The number of aryl methyl sites for hydroxylation is 1. The first-order chi connectivity index (χ1) is 17.4. The maximum absolute atomic E-state index is 12.6. The zero-order chi connectivity index (χ0) is 25.9. The highest BCUT2D eigenvalue weighted by Gasteiger charge is 2.11. The monoisotopic (exact) mass is 551 g/mol. The van der Waals surface area contributed by atoms with Gasteiger partial charge in [0.25, 0.3) is 11.8 Å². The Balaban J connectivity index is 1.63. The maximum Gasteiger partial charge on any atom is 0.271 e. The Morgan fingerprint density at radius 2 is 1.83 bits per heavy atom. The van der Waals surface area contributed by atoms with Crippen LogP contribution >= 0.6 is 15.9 Å². The molecule has 0 saturated heterocycles. The molecular weight excluding hydrogens is 526 g/mol. The summed E-state index contributed by atoms with van der Waals surface area (Å²) in [6, 6.07) is 17.6. The molecule has 0 fully saturated rings. The number of nitrogens with zero attached hydrogens (tertiary/aromatic N) is 1. The lowest BCUT2D eigenvalue weighted by Gasteiger charge is -2.11. The molecule has 186 valence electrons. The number of hydrogen-bond donors (Lipinski definition) is 2. The summed E-state index contributed by atoms with van der Waals surface area (Å²) < 4.78 is 17.3. The van der Waals surface area contributed by atoms with Crippen LogP contribution in [0.2, 0.25) is 0 Å². The van der Waals surface area contributed by atoms with Crippen molar-refractivity contribution in [3.05, 3.63) is 94.5 Å². The molecule has 3 rings (SSSR count). The highest BCUT2D eigenvalue weighted by molar-refractivity contribution is 9.10. The second-order valence-electron chi connectivity index (χ2n) is 7.55. The predicted octanol–water partition coefficient (Wildman–Crippen LogP) is 5.11. The van der Waals surface area contributed by atoms with Crippen molar-refractivity contribution in [3.63, 3.8) is 0 Å². The topological polar surface area (TPSA) is 98.3 Å². The smallest absolute Gasteiger partial charge is 0.271 e. The highest BCUT2D eigenvalue weighted by atomic mass is 79.9. The van der Waals surface area contributed by atoms with Crippen molar-refractivity contribution in [2.75, 3.05) is 25.6 Å². The van der Waals surface area contributed by atoms with Gasteiger partial charge in [0, 0.05) is 21.3 Å². The molecule has 0 heterocycles. The number of nitrogens with one attached hydrogen (secondary N) is 2. The first-order valence-corrected chi connectivity index (χ1v) is 11.7. The average molecular weight is 552 g/mol. The number of halogens is 1. The van der Waals surface area contributed by atoms with E-state index in [2.05, 4.69) is 38.4 Å². The molecule has 9 heteroatoms. The molecule has 0 aliphatic carbocycles. The largest absolute Gasteiger partial charge is 0.493 e. The van der Waals surface area contributed by atoms with Crippen molar-refractivity contribution in [2.45, 2.75) is 6.92 Å². The van der Waals surface area contributed by atoms with E-state index in [0.29, 0.717) is 40.7 Å². The van der Waals surface area contributed by atoms with Crippen molar-refractivity contribution >= 4 is 39.6 Å². The van der Waals surface area contributed by atoms with Gasteiger partial charge in [0.2, 0.25) is 0 Å². The molecule has 8 nitrogen and oxygen atoms in total. The number of anilines is 1. The molecule has 0 saturated carbocycles. The van der Waals surface area contributed by atoms with Gasteiger partial charge in [-0.25, -0.2) is 5.43 Å². The summed E-state index contributed by atoms with van der Waals surface area (Å²) in [6.45, 7) is 5.68. The van der Waals surface area contributed by atoms with Crippen LogP contribution in [0.5, 0.6) is 17.2 Å². The second kappa shape index (κ2) is 13.1. The molecular formula is C27H26BrN3O5. The number of benzene rings is 3. The molecule has 0 aliphatic rings. The third-order valence-corrected chi connectivity index (χ3v) is 5.28. The lowest BCUT2D eigenvalue weighted by atomic mass is 10.2. The number of hydrazone groups is 1. The molecule has 0 unspecified atom stereocenters. The molecule has 3 aromatic carbocycles. The Morgan fingerprint density at radius 1 is 1.03 bits per heavy atom. The van der Waals surface area contributed by atoms with E-state index in [4.69, 9.17) is 14.2 Å². The first-order valence-electron chi connectivity index (χ1n) is 10.9. The zero-order valence-electron chi connectivity index (χ0n) is 19.9. The minimum Gasteiger partial charge on any atom is -0.493 e. The summed E-state index contributed by atoms with van der Waals surface area (Å²) in [5.41, 5.74) is 5.12. The summed E-state index contributed by atoms with van der Waals surface area (Å²) >= 11 is 3.41. The third-order valence-electron chi connectivity index (χ3n) is 4.78. The normalized spacial score (nSPS) is 10.5.